The highest BCUT2D eigenvalue weighted by atomic mass is 127. The molecule has 29 heavy (non-hydrogen) atoms. The maximum absolute atomic E-state index is 12.4. The van der Waals surface area contributed by atoms with E-state index < -0.39 is 10.8 Å². The standard InChI is InChI=1S/C21H27N3O3S.HI/c1-3-22-21(23-11-14-28(25)18-7-5-4-6-8-18)24(2)16-17-9-10-19-20(15-17)27-13-12-26-19;/h4-10,15H,3,11-14,16H2,1-2H3,(H,22,23);1H. The number of benzene rings is 2. The molecule has 158 valence electrons. The molecular formula is C21H28IN3O3S. The van der Waals surface area contributed by atoms with E-state index >= 15 is 0 Å². The van der Waals surface area contributed by atoms with E-state index in [4.69, 9.17) is 9.47 Å². The Morgan fingerprint density at radius 1 is 1.14 bits per heavy atom. The quantitative estimate of drug-likeness (QED) is 0.339. The molecule has 0 amide bonds. The molecule has 1 aliphatic heterocycles. The predicted octanol–water partition coefficient (Wildman–Crippen LogP) is 3.28. The molecule has 2 aromatic carbocycles. The summed E-state index contributed by atoms with van der Waals surface area (Å²) in [5.74, 6) is 2.87. The van der Waals surface area contributed by atoms with Crippen molar-refractivity contribution in [3.8, 4) is 11.5 Å². The third-order valence-electron chi connectivity index (χ3n) is 4.27. The SMILES string of the molecule is CCNC(=NCCS(=O)c1ccccc1)N(C)Cc1ccc2c(c1)OCCO2.I. The van der Waals surface area contributed by atoms with Gasteiger partial charge in [0.2, 0.25) is 0 Å². The molecule has 1 atom stereocenters. The lowest BCUT2D eigenvalue weighted by Crippen LogP contribution is -2.38. The Morgan fingerprint density at radius 2 is 1.86 bits per heavy atom. The molecule has 0 aliphatic carbocycles. The van der Waals surface area contributed by atoms with E-state index in [2.05, 4.69) is 15.2 Å². The largest absolute Gasteiger partial charge is 0.486 e. The van der Waals surface area contributed by atoms with E-state index in [9.17, 15) is 4.21 Å². The van der Waals surface area contributed by atoms with E-state index in [1.807, 2.05) is 62.5 Å². The van der Waals surface area contributed by atoms with Crippen LogP contribution in [-0.4, -0.2) is 54.2 Å². The van der Waals surface area contributed by atoms with Crippen LogP contribution in [0.2, 0.25) is 0 Å². The summed E-state index contributed by atoms with van der Waals surface area (Å²) < 4.78 is 23.6. The molecule has 8 heteroatoms. The summed E-state index contributed by atoms with van der Waals surface area (Å²) in [6.07, 6.45) is 0. The molecule has 0 saturated carbocycles. The first-order valence-corrected chi connectivity index (χ1v) is 10.8. The Morgan fingerprint density at radius 3 is 2.59 bits per heavy atom. The van der Waals surface area contributed by atoms with Gasteiger partial charge in [-0.25, -0.2) is 0 Å². The molecule has 0 aromatic heterocycles. The molecule has 1 heterocycles. The van der Waals surface area contributed by atoms with Gasteiger partial charge in [-0.2, -0.15) is 0 Å². The fourth-order valence-corrected chi connectivity index (χ4v) is 3.88. The molecule has 0 saturated heterocycles. The van der Waals surface area contributed by atoms with Crippen molar-refractivity contribution in [2.24, 2.45) is 4.99 Å². The van der Waals surface area contributed by atoms with Gasteiger partial charge in [-0.1, -0.05) is 24.3 Å². The molecule has 6 nitrogen and oxygen atoms in total. The van der Waals surface area contributed by atoms with E-state index in [-0.39, 0.29) is 24.0 Å². The molecule has 0 radical (unpaired) electrons. The Bertz CT molecular complexity index is 833. The first kappa shape index (κ1) is 23.5. The lowest BCUT2D eigenvalue weighted by atomic mass is 10.2. The number of nitrogens with one attached hydrogen (secondary N) is 1. The minimum atomic E-state index is -1.04. The second kappa shape index (κ2) is 12.0. The van der Waals surface area contributed by atoms with Gasteiger partial charge in [-0.05, 0) is 36.8 Å². The van der Waals surface area contributed by atoms with Crippen LogP contribution in [0, 0.1) is 0 Å². The van der Waals surface area contributed by atoms with Gasteiger partial charge in [0.15, 0.2) is 17.5 Å². The van der Waals surface area contributed by atoms with Crippen molar-refractivity contribution in [1.82, 2.24) is 10.2 Å². The third-order valence-corrected chi connectivity index (χ3v) is 5.62. The molecule has 3 rings (SSSR count). The first-order valence-electron chi connectivity index (χ1n) is 9.48. The van der Waals surface area contributed by atoms with Gasteiger partial charge in [-0.3, -0.25) is 9.20 Å². The molecule has 0 fully saturated rings. The number of hydrogen-bond acceptors (Lipinski definition) is 4. The number of rotatable bonds is 7. The summed E-state index contributed by atoms with van der Waals surface area (Å²) in [4.78, 5) is 7.54. The highest BCUT2D eigenvalue weighted by molar-refractivity contribution is 14.0. The number of ether oxygens (including phenoxy) is 2. The van der Waals surface area contributed by atoms with E-state index in [0.717, 1.165) is 34.5 Å². The molecule has 1 aliphatic rings. The van der Waals surface area contributed by atoms with Gasteiger partial charge >= 0.3 is 0 Å². The van der Waals surface area contributed by atoms with Gasteiger partial charge in [0, 0.05) is 30.8 Å². The zero-order valence-electron chi connectivity index (χ0n) is 16.8. The molecule has 1 N–H and O–H groups in total. The minimum Gasteiger partial charge on any atom is -0.486 e. The second-order valence-electron chi connectivity index (χ2n) is 6.43. The lowest BCUT2D eigenvalue weighted by Gasteiger charge is -2.23. The molecule has 0 spiro atoms. The fraction of sp³-hybridized carbons (Fsp3) is 0.381. The molecule has 0 bridgehead atoms. The van der Waals surface area contributed by atoms with E-state index in [0.29, 0.717) is 32.1 Å². The number of hydrogen-bond donors (Lipinski definition) is 1. The average molecular weight is 529 g/mol. The number of fused-ring (bicyclic) bond motifs is 1. The van der Waals surface area contributed by atoms with E-state index in [1.165, 1.54) is 0 Å². The Kier molecular flexibility index (Phi) is 9.72. The van der Waals surface area contributed by atoms with Gasteiger partial charge < -0.3 is 19.7 Å². The van der Waals surface area contributed by atoms with Crippen LogP contribution in [0.25, 0.3) is 0 Å². The zero-order chi connectivity index (χ0) is 19.8. The van der Waals surface area contributed by atoms with Crippen LogP contribution < -0.4 is 14.8 Å². The number of guanidine groups is 1. The monoisotopic (exact) mass is 529 g/mol. The maximum atomic E-state index is 12.4. The summed E-state index contributed by atoms with van der Waals surface area (Å²) in [6.45, 7) is 5.16. The van der Waals surface area contributed by atoms with Crippen LogP contribution in [0.3, 0.4) is 0 Å². The van der Waals surface area contributed by atoms with Crippen LogP contribution >= 0.6 is 24.0 Å². The molecule has 2 aromatic rings. The highest BCUT2D eigenvalue weighted by Crippen LogP contribution is 2.31. The smallest absolute Gasteiger partial charge is 0.193 e. The van der Waals surface area contributed by atoms with Crippen LogP contribution in [0.15, 0.2) is 58.4 Å². The summed E-state index contributed by atoms with van der Waals surface area (Å²) in [5.41, 5.74) is 1.12. The van der Waals surface area contributed by atoms with Gasteiger partial charge in [0.25, 0.3) is 0 Å². The van der Waals surface area contributed by atoms with Crippen molar-refractivity contribution in [3.05, 3.63) is 54.1 Å². The average Bonchev–Trinajstić information content (AvgIpc) is 2.73. The predicted molar refractivity (Wildman–Crippen MR) is 128 cm³/mol. The Labute approximate surface area is 192 Å². The van der Waals surface area contributed by atoms with Crippen LogP contribution in [-0.2, 0) is 17.3 Å². The first-order chi connectivity index (χ1) is 13.7. The van der Waals surface area contributed by atoms with Crippen LogP contribution in [0.5, 0.6) is 11.5 Å². The van der Waals surface area contributed by atoms with Crippen molar-refractivity contribution < 1.29 is 13.7 Å². The van der Waals surface area contributed by atoms with E-state index in [1.54, 1.807) is 0 Å². The summed E-state index contributed by atoms with van der Waals surface area (Å²) >= 11 is 0. The minimum absolute atomic E-state index is 0. The van der Waals surface area contributed by atoms with Crippen molar-refractivity contribution >= 4 is 40.7 Å². The number of nitrogens with zero attached hydrogens (tertiary/aromatic N) is 2. The van der Waals surface area contributed by atoms with Crippen molar-refractivity contribution in [3.63, 3.8) is 0 Å². The van der Waals surface area contributed by atoms with Crippen molar-refractivity contribution in [2.45, 2.75) is 18.4 Å². The normalized spacial score (nSPS) is 13.9. The van der Waals surface area contributed by atoms with Crippen LogP contribution in [0.4, 0.5) is 0 Å². The van der Waals surface area contributed by atoms with Crippen molar-refractivity contribution in [1.29, 1.82) is 0 Å². The second-order valence-corrected chi connectivity index (χ2v) is 8.00. The number of aliphatic imine (C=N–C) groups is 1. The van der Waals surface area contributed by atoms with Gasteiger partial charge in [-0.15, -0.1) is 24.0 Å². The maximum Gasteiger partial charge on any atom is 0.193 e. The third kappa shape index (κ3) is 6.88. The lowest BCUT2D eigenvalue weighted by molar-refractivity contribution is 0.171. The zero-order valence-corrected chi connectivity index (χ0v) is 19.9. The summed E-state index contributed by atoms with van der Waals surface area (Å²) in [6, 6.07) is 15.5. The van der Waals surface area contributed by atoms with Crippen LogP contribution in [0.1, 0.15) is 12.5 Å². The highest BCUT2D eigenvalue weighted by Gasteiger charge is 2.13. The molecular weight excluding hydrogens is 501 g/mol. The summed E-state index contributed by atoms with van der Waals surface area (Å²) in [5, 5.41) is 3.30. The Hall–Kier alpha value is -1.81. The van der Waals surface area contributed by atoms with Gasteiger partial charge in [0.1, 0.15) is 13.2 Å². The molecule has 1 unspecified atom stereocenters. The summed E-state index contributed by atoms with van der Waals surface area (Å²) in [7, 11) is 0.952. The van der Waals surface area contributed by atoms with Crippen molar-refractivity contribution in [2.75, 3.05) is 39.1 Å². The Balaban J connectivity index is 0.00000300. The number of halogens is 1. The fourth-order valence-electron chi connectivity index (χ4n) is 2.93. The topological polar surface area (TPSA) is 63.2 Å². The van der Waals surface area contributed by atoms with Gasteiger partial charge in [0.05, 0.1) is 17.3 Å².